The normalized spacial score (nSPS) is 3.60. The first-order valence-corrected chi connectivity index (χ1v) is 3.00. The van der Waals surface area contributed by atoms with Crippen molar-refractivity contribution in [1.82, 2.24) is 0 Å². The van der Waals surface area contributed by atoms with E-state index in [4.69, 9.17) is 0 Å². The van der Waals surface area contributed by atoms with E-state index in [1.807, 2.05) is 0 Å². The average Bonchev–Trinajstić information content (AvgIpc) is 1.46. The zero-order chi connectivity index (χ0) is 4.71. The van der Waals surface area contributed by atoms with Gasteiger partial charge in [-0.3, -0.25) is 0 Å². The molecule has 0 radical (unpaired) electrons. The van der Waals surface area contributed by atoms with Crippen molar-refractivity contribution in [3.8, 4) is 0 Å². The van der Waals surface area contributed by atoms with Gasteiger partial charge in [0.25, 0.3) is 0 Å². The second-order valence-electron chi connectivity index (χ2n) is 0.289. The van der Waals surface area contributed by atoms with Gasteiger partial charge in [0.15, 0.2) is 0 Å². The van der Waals surface area contributed by atoms with E-state index in [0.717, 1.165) is 0 Å². The van der Waals surface area contributed by atoms with E-state index in [1.165, 1.54) is 6.08 Å². The van der Waals surface area contributed by atoms with Crippen LogP contribution in [0.1, 0.15) is 0 Å². The van der Waals surface area contributed by atoms with E-state index in [-0.39, 0.29) is 0 Å². The van der Waals surface area contributed by atoms with Crippen LogP contribution in [0, 0.1) is 6.92 Å². The van der Waals surface area contributed by atoms with Gasteiger partial charge in [0.1, 0.15) is 0 Å². The number of hydrogen-bond acceptors (Lipinski definition) is 1. The quantitative estimate of drug-likeness (QED) is 0.404. The molecule has 5 heavy (non-hydrogen) atoms. The molecule has 0 N–H and O–H groups in total. The molecule has 0 saturated carbocycles. The molecule has 0 nitrogen and oxygen atoms in total. The van der Waals surface area contributed by atoms with E-state index >= 15 is 0 Å². The van der Waals surface area contributed by atoms with Gasteiger partial charge >= 0.3 is 28.8 Å². The molecule has 2 heteroatoms. The third-order valence-electron chi connectivity index (χ3n) is 0. The minimum absolute atomic E-state index is 1.50. The molecule has 0 heterocycles. The van der Waals surface area contributed by atoms with E-state index in [1.54, 1.807) is 0 Å². The van der Waals surface area contributed by atoms with Gasteiger partial charge in [-0.05, 0) is 0 Å². The maximum atomic E-state index is 3.89. The van der Waals surface area contributed by atoms with Crippen LogP contribution in [0.25, 0.3) is 0 Å². The molecular weight excluding hydrogens is 176 g/mol. The van der Waals surface area contributed by atoms with Gasteiger partial charge in [0, 0.05) is 0 Å². The molecule has 0 fully saturated rings. The maximum absolute atomic E-state index is 3.89. The Morgan fingerprint density at radius 1 is 1.80 bits per heavy atom. The Morgan fingerprint density at radius 2 is 1.80 bits per heavy atom. The van der Waals surface area contributed by atoms with E-state index in [0.29, 0.717) is 0 Å². The zero-order valence-corrected chi connectivity index (χ0v) is 5.00. The standard InChI is InChI=1S/C3H5.Ag.S/c1-3-2;;/h3H,1-2H2;;/q-1;;. The van der Waals surface area contributed by atoms with Crippen LogP contribution in [0.3, 0.4) is 0 Å². The second-order valence-corrected chi connectivity index (χ2v) is 0.289. The SMILES string of the molecule is C=C[CH2-].[S]=[Ag]. The van der Waals surface area contributed by atoms with Gasteiger partial charge in [-0.1, -0.05) is 0 Å². The number of rotatable bonds is 0. The van der Waals surface area contributed by atoms with Crippen LogP contribution < -0.4 is 0 Å². The van der Waals surface area contributed by atoms with Crippen molar-refractivity contribution in [1.29, 1.82) is 0 Å². The molecule has 0 aliphatic heterocycles. The van der Waals surface area contributed by atoms with Gasteiger partial charge in [-0.15, -0.1) is 0 Å². The van der Waals surface area contributed by atoms with Crippen molar-refractivity contribution in [2.24, 2.45) is 0 Å². The molecular formula is C3H5AgS-. The molecule has 0 unspecified atom stereocenters. The molecule has 0 aromatic rings. The summed E-state index contributed by atoms with van der Waals surface area (Å²) < 4.78 is 0. The fourth-order valence-electron chi connectivity index (χ4n) is 0. The average molecular weight is 181 g/mol. The van der Waals surface area contributed by atoms with Crippen molar-refractivity contribution < 1.29 is 19.2 Å². The van der Waals surface area contributed by atoms with Gasteiger partial charge < -0.3 is 0 Å². The first-order valence-electron chi connectivity index (χ1n) is 0.940. The zero-order valence-electron chi connectivity index (χ0n) is 2.70. The van der Waals surface area contributed by atoms with Crippen molar-refractivity contribution in [3.05, 3.63) is 19.6 Å². The summed E-state index contributed by atoms with van der Waals surface area (Å²) in [6, 6.07) is 0. The Balaban J connectivity index is 0. The molecule has 0 amide bonds. The molecule has 0 aliphatic rings. The molecule has 0 aromatic carbocycles. The van der Waals surface area contributed by atoms with Crippen LogP contribution in [0.2, 0.25) is 0 Å². The molecule has 0 aliphatic carbocycles. The Morgan fingerprint density at radius 3 is 1.80 bits per heavy atom. The molecule has 0 saturated heterocycles. The summed E-state index contributed by atoms with van der Waals surface area (Å²) >= 11 is 2.53. The van der Waals surface area contributed by atoms with E-state index in [2.05, 4.69) is 42.3 Å². The van der Waals surface area contributed by atoms with Crippen LogP contribution >= 0.6 is 9.58 Å². The summed E-state index contributed by atoms with van der Waals surface area (Å²) in [5.74, 6) is 0. The Labute approximate surface area is 48.5 Å². The van der Waals surface area contributed by atoms with Crippen LogP contribution in [0.15, 0.2) is 12.7 Å². The molecule has 0 aromatic heterocycles. The predicted molar refractivity (Wildman–Crippen MR) is 23.1 cm³/mol. The number of hydrogen-bond donors (Lipinski definition) is 0. The summed E-state index contributed by atoms with van der Waals surface area (Å²) in [5, 5.41) is 0. The van der Waals surface area contributed by atoms with Crippen molar-refractivity contribution in [3.63, 3.8) is 0 Å². The summed E-state index contributed by atoms with van der Waals surface area (Å²) in [6.07, 6.45) is 1.50. The van der Waals surface area contributed by atoms with Gasteiger partial charge in [0.05, 0.1) is 0 Å². The monoisotopic (exact) mass is 180 g/mol. The van der Waals surface area contributed by atoms with Crippen LogP contribution in [-0.2, 0) is 19.2 Å². The summed E-state index contributed by atoms with van der Waals surface area (Å²) in [4.78, 5) is 0. The van der Waals surface area contributed by atoms with Crippen molar-refractivity contribution >= 4 is 9.58 Å². The van der Waals surface area contributed by atoms with E-state index in [9.17, 15) is 0 Å². The molecule has 0 rings (SSSR count). The molecule has 0 atom stereocenters. The molecule has 35 valence electrons. The Hall–Kier alpha value is 0.570. The Bertz CT molecular complexity index is 20.9. The number of allylic oxidation sites excluding steroid dienone is 1. The summed E-state index contributed by atoms with van der Waals surface area (Å²) in [5.41, 5.74) is 0. The van der Waals surface area contributed by atoms with Gasteiger partial charge in [-0.25, -0.2) is 19.6 Å². The van der Waals surface area contributed by atoms with Crippen molar-refractivity contribution in [2.45, 2.75) is 0 Å². The third-order valence-corrected chi connectivity index (χ3v) is 0. The topological polar surface area (TPSA) is 0 Å². The second kappa shape index (κ2) is 23.6. The summed E-state index contributed by atoms with van der Waals surface area (Å²) in [6.45, 7) is 6.50. The predicted octanol–water partition coefficient (Wildman–Crippen LogP) is 1.65. The summed E-state index contributed by atoms with van der Waals surface area (Å²) in [7, 11) is 3.89. The van der Waals surface area contributed by atoms with Gasteiger partial charge in [0.2, 0.25) is 0 Å². The first-order chi connectivity index (χ1) is 2.41. The molecule has 0 spiro atoms. The fourth-order valence-corrected chi connectivity index (χ4v) is 0. The fraction of sp³-hybridized carbons (Fsp3) is 0. The Kier molecular flexibility index (Phi) is 43.1. The van der Waals surface area contributed by atoms with Gasteiger partial charge in [-0.2, -0.15) is 0 Å². The minimum atomic E-state index is 1.50. The first kappa shape index (κ1) is 9.13. The van der Waals surface area contributed by atoms with Crippen LogP contribution in [0.4, 0.5) is 0 Å². The van der Waals surface area contributed by atoms with Crippen molar-refractivity contribution in [2.75, 3.05) is 0 Å². The van der Waals surface area contributed by atoms with Crippen LogP contribution in [0.5, 0.6) is 0 Å². The van der Waals surface area contributed by atoms with E-state index < -0.39 is 0 Å². The molecule has 0 bridgehead atoms. The third kappa shape index (κ3) is 92.8. The van der Waals surface area contributed by atoms with Crippen LogP contribution in [-0.4, -0.2) is 0 Å².